The highest BCUT2D eigenvalue weighted by Gasteiger charge is 2.21. The molecule has 0 bridgehead atoms. The fourth-order valence-corrected chi connectivity index (χ4v) is 4.71. The molecule has 0 saturated carbocycles. The van der Waals surface area contributed by atoms with E-state index in [1.54, 1.807) is 22.2 Å². The number of aryl methyl sites for hydroxylation is 1. The van der Waals surface area contributed by atoms with E-state index >= 15 is 0 Å². The van der Waals surface area contributed by atoms with Gasteiger partial charge in [-0.1, -0.05) is 6.92 Å². The van der Waals surface area contributed by atoms with Crippen LogP contribution in [0.1, 0.15) is 36.8 Å². The Morgan fingerprint density at radius 3 is 2.48 bits per heavy atom. The first kappa shape index (κ1) is 19.9. The maximum atomic E-state index is 12.9. The second-order valence-corrected chi connectivity index (χ2v) is 8.30. The third-order valence-corrected chi connectivity index (χ3v) is 6.41. The molecule has 1 aromatic carbocycles. The highest BCUT2D eigenvalue weighted by atomic mass is 32.1. The van der Waals surface area contributed by atoms with Crippen LogP contribution < -0.4 is 15.0 Å². The van der Waals surface area contributed by atoms with Crippen molar-refractivity contribution in [1.82, 2.24) is 14.5 Å². The zero-order valence-corrected chi connectivity index (χ0v) is 18.1. The first-order valence-electron chi connectivity index (χ1n) is 10.2. The van der Waals surface area contributed by atoms with Crippen molar-refractivity contribution in [1.29, 1.82) is 0 Å². The minimum absolute atomic E-state index is 0.0402. The summed E-state index contributed by atoms with van der Waals surface area (Å²) in [4.78, 5) is 21.7. The molecule has 0 amide bonds. The molecule has 0 spiro atoms. The van der Waals surface area contributed by atoms with Gasteiger partial charge in [-0.25, -0.2) is 4.98 Å². The van der Waals surface area contributed by atoms with Crippen molar-refractivity contribution in [2.75, 3.05) is 19.8 Å². The van der Waals surface area contributed by atoms with Gasteiger partial charge in [0.2, 0.25) is 0 Å². The molecule has 3 heterocycles. The molecule has 6 nitrogen and oxygen atoms in total. The van der Waals surface area contributed by atoms with E-state index in [9.17, 15) is 4.79 Å². The average molecular weight is 414 g/mol. The maximum absolute atomic E-state index is 12.9. The highest BCUT2D eigenvalue weighted by Crippen LogP contribution is 2.34. The molecule has 3 aromatic rings. The molecular weight excluding hydrogens is 386 g/mol. The summed E-state index contributed by atoms with van der Waals surface area (Å²) in [5, 5.41) is 0.728. The van der Waals surface area contributed by atoms with Gasteiger partial charge in [0.05, 0.1) is 25.3 Å². The summed E-state index contributed by atoms with van der Waals surface area (Å²) >= 11 is 1.60. The number of fused-ring (bicyclic) bond motifs is 2. The van der Waals surface area contributed by atoms with Crippen molar-refractivity contribution in [3.05, 3.63) is 50.9 Å². The summed E-state index contributed by atoms with van der Waals surface area (Å²) in [6.07, 6.45) is 3.53. The zero-order valence-electron chi connectivity index (χ0n) is 17.2. The smallest absolute Gasteiger partial charge is 0.263 e. The van der Waals surface area contributed by atoms with E-state index in [-0.39, 0.29) is 5.56 Å². The lowest BCUT2D eigenvalue weighted by Crippen LogP contribution is -2.36. The second kappa shape index (κ2) is 8.55. The molecular formula is C22H27N3O3S. The summed E-state index contributed by atoms with van der Waals surface area (Å²) in [6, 6.07) is 6.19. The van der Waals surface area contributed by atoms with Crippen molar-refractivity contribution in [3.8, 4) is 11.5 Å². The fraction of sp³-hybridized carbons (Fsp3) is 0.455. The lowest BCUT2D eigenvalue weighted by molar-refractivity contribution is 0.195. The van der Waals surface area contributed by atoms with Crippen LogP contribution in [0.4, 0.5) is 0 Å². The van der Waals surface area contributed by atoms with Gasteiger partial charge < -0.3 is 9.47 Å². The molecule has 1 aliphatic rings. The minimum atomic E-state index is 0.0402. The molecule has 0 aliphatic carbocycles. The SMILES string of the molecule is CCOc1cc2c(cc1OCC)CN(Cn1cnc3sc(CC)cc3c1=O)CC2. The molecule has 7 heteroatoms. The minimum Gasteiger partial charge on any atom is -0.490 e. The summed E-state index contributed by atoms with van der Waals surface area (Å²) in [5.74, 6) is 1.61. The number of hydrogen-bond donors (Lipinski definition) is 0. The number of hydrogen-bond acceptors (Lipinski definition) is 6. The lowest BCUT2D eigenvalue weighted by Gasteiger charge is -2.30. The van der Waals surface area contributed by atoms with Crippen LogP contribution in [0.3, 0.4) is 0 Å². The molecule has 0 atom stereocenters. The van der Waals surface area contributed by atoms with Gasteiger partial charge in [0.25, 0.3) is 5.56 Å². The number of benzene rings is 1. The molecule has 0 N–H and O–H groups in total. The van der Waals surface area contributed by atoms with Gasteiger partial charge in [-0.05, 0) is 56.0 Å². The van der Waals surface area contributed by atoms with Crippen LogP contribution >= 0.6 is 11.3 Å². The first-order chi connectivity index (χ1) is 14.1. The number of thiophene rings is 1. The van der Waals surface area contributed by atoms with Crippen molar-refractivity contribution >= 4 is 21.6 Å². The maximum Gasteiger partial charge on any atom is 0.263 e. The van der Waals surface area contributed by atoms with Crippen molar-refractivity contribution in [2.24, 2.45) is 0 Å². The van der Waals surface area contributed by atoms with Gasteiger partial charge >= 0.3 is 0 Å². The van der Waals surface area contributed by atoms with E-state index in [2.05, 4.69) is 28.9 Å². The fourth-order valence-electron chi connectivity index (χ4n) is 3.78. The first-order valence-corrected chi connectivity index (χ1v) is 11.1. The van der Waals surface area contributed by atoms with Crippen LogP contribution in [0.2, 0.25) is 0 Å². The van der Waals surface area contributed by atoms with Gasteiger partial charge in [-0.15, -0.1) is 11.3 Å². The van der Waals surface area contributed by atoms with Gasteiger partial charge in [-0.3, -0.25) is 14.3 Å². The summed E-state index contributed by atoms with van der Waals surface area (Å²) < 4.78 is 13.3. The number of nitrogens with zero attached hydrogens (tertiary/aromatic N) is 3. The molecule has 1 aliphatic heterocycles. The van der Waals surface area contributed by atoms with Crippen LogP contribution in [0.5, 0.6) is 11.5 Å². The predicted molar refractivity (Wildman–Crippen MR) is 116 cm³/mol. The molecule has 4 rings (SSSR count). The quantitative estimate of drug-likeness (QED) is 0.589. The number of ether oxygens (including phenoxy) is 2. The van der Waals surface area contributed by atoms with Crippen LogP contribution in [-0.2, 0) is 26.1 Å². The zero-order chi connectivity index (χ0) is 20.4. The van der Waals surface area contributed by atoms with Crippen LogP contribution in [0, 0.1) is 0 Å². The molecule has 154 valence electrons. The monoisotopic (exact) mass is 413 g/mol. The second-order valence-electron chi connectivity index (χ2n) is 7.18. The van der Waals surface area contributed by atoms with E-state index in [0.29, 0.717) is 19.9 Å². The van der Waals surface area contributed by atoms with E-state index in [0.717, 1.165) is 47.6 Å². The molecule has 0 unspecified atom stereocenters. The molecule has 0 fully saturated rings. The van der Waals surface area contributed by atoms with Gasteiger partial charge in [0.1, 0.15) is 11.2 Å². The Morgan fingerprint density at radius 2 is 1.79 bits per heavy atom. The van der Waals surface area contributed by atoms with Crippen LogP contribution in [0.25, 0.3) is 10.2 Å². The van der Waals surface area contributed by atoms with E-state index in [1.165, 1.54) is 16.0 Å². The molecule has 0 radical (unpaired) electrons. The molecule has 29 heavy (non-hydrogen) atoms. The van der Waals surface area contributed by atoms with Gasteiger partial charge in [-0.2, -0.15) is 0 Å². The van der Waals surface area contributed by atoms with Crippen LogP contribution in [0.15, 0.2) is 29.3 Å². The number of aromatic nitrogens is 2. The summed E-state index contributed by atoms with van der Waals surface area (Å²) in [7, 11) is 0. The highest BCUT2D eigenvalue weighted by molar-refractivity contribution is 7.18. The largest absolute Gasteiger partial charge is 0.490 e. The Labute approximate surface area is 174 Å². The Hall–Kier alpha value is -2.38. The van der Waals surface area contributed by atoms with Crippen molar-refractivity contribution in [2.45, 2.75) is 46.8 Å². The normalized spacial score (nSPS) is 14.2. The van der Waals surface area contributed by atoms with Crippen molar-refractivity contribution < 1.29 is 9.47 Å². The Morgan fingerprint density at radius 1 is 1.07 bits per heavy atom. The predicted octanol–water partition coefficient (Wildman–Crippen LogP) is 3.83. The van der Waals surface area contributed by atoms with E-state index < -0.39 is 0 Å². The Kier molecular flexibility index (Phi) is 5.87. The van der Waals surface area contributed by atoms with Crippen LogP contribution in [-0.4, -0.2) is 34.2 Å². The Balaban J connectivity index is 1.57. The van der Waals surface area contributed by atoms with Crippen molar-refractivity contribution in [3.63, 3.8) is 0 Å². The van der Waals surface area contributed by atoms with Gasteiger partial charge in [0.15, 0.2) is 11.5 Å². The molecule has 0 saturated heterocycles. The summed E-state index contributed by atoms with van der Waals surface area (Å²) in [6.45, 7) is 9.48. The topological polar surface area (TPSA) is 56.6 Å². The Bertz CT molecular complexity index is 1070. The van der Waals surface area contributed by atoms with E-state index in [4.69, 9.17) is 9.47 Å². The number of rotatable bonds is 7. The average Bonchev–Trinajstić information content (AvgIpc) is 3.15. The standard InChI is InChI=1S/C22H27N3O3S/c1-4-17-11-18-21(29-17)23-13-25(22(18)26)14-24-8-7-15-9-19(27-5-2)20(28-6-3)10-16(15)12-24/h9-11,13H,4-8,12,14H2,1-3H3. The third kappa shape index (κ3) is 4.02. The third-order valence-electron chi connectivity index (χ3n) is 5.23. The summed E-state index contributed by atoms with van der Waals surface area (Å²) in [5.41, 5.74) is 2.56. The molecule has 2 aromatic heterocycles. The van der Waals surface area contributed by atoms with Gasteiger partial charge in [0, 0.05) is 18.0 Å². The lowest BCUT2D eigenvalue weighted by atomic mass is 9.99. The van der Waals surface area contributed by atoms with E-state index in [1.807, 2.05) is 19.9 Å².